The van der Waals surface area contributed by atoms with E-state index < -0.39 is 0 Å². The second-order valence-corrected chi connectivity index (χ2v) is 5.77. The Kier molecular flexibility index (Phi) is 3.79. The van der Waals surface area contributed by atoms with Crippen LogP contribution in [0.5, 0.6) is 0 Å². The molecule has 0 spiro atoms. The van der Waals surface area contributed by atoms with Crippen LogP contribution >= 0.6 is 0 Å². The predicted octanol–water partition coefficient (Wildman–Crippen LogP) is 3.44. The summed E-state index contributed by atoms with van der Waals surface area (Å²) in [6.07, 6.45) is 1.99. The fourth-order valence-corrected chi connectivity index (χ4v) is 2.73. The highest BCUT2D eigenvalue weighted by Gasteiger charge is 2.30. The molecule has 116 valence electrons. The maximum absolute atomic E-state index is 10.7. The molecule has 22 heavy (non-hydrogen) atoms. The SMILES string of the molecule is CC(C)c1nc(C2CCCN2c2ccc([N+](=O)[O-])cc2)no1. The van der Waals surface area contributed by atoms with Crippen LogP contribution in [-0.2, 0) is 0 Å². The zero-order chi connectivity index (χ0) is 15.7. The van der Waals surface area contributed by atoms with Crippen LogP contribution in [0.15, 0.2) is 28.8 Å². The Labute approximate surface area is 128 Å². The molecule has 0 bridgehead atoms. The van der Waals surface area contributed by atoms with Gasteiger partial charge in [-0.1, -0.05) is 19.0 Å². The number of anilines is 1. The molecule has 0 N–H and O–H groups in total. The van der Waals surface area contributed by atoms with Crippen LogP contribution in [0.25, 0.3) is 0 Å². The number of benzene rings is 1. The van der Waals surface area contributed by atoms with Gasteiger partial charge in [-0.2, -0.15) is 4.98 Å². The van der Waals surface area contributed by atoms with Crippen LogP contribution in [0.4, 0.5) is 11.4 Å². The van der Waals surface area contributed by atoms with Gasteiger partial charge in [0, 0.05) is 30.3 Å². The van der Waals surface area contributed by atoms with E-state index in [1.54, 1.807) is 12.1 Å². The summed E-state index contributed by atoms with van der Waals surface area (Å²) in [6, 6.07) is 6.68. The molecule has 3 rings (SSSR count). The fourth-order valence-electron chi connectivity index (χ4n) is 2.73. The molecule has 2 heterocycles. The summed E-state index contributed by atoms with van der Waals surface area (Å²) >= 11 is 0. The lowest BCUT2D eigenvalue weighted by Gasteiger charge is -2.24. The van der Waals surface area contributed by atoms with Gasteiger partial charge in [0.2, 0.25) is 5.89 Å². The number of nitro benzene ring substituents is 1. The lowest BCUT2D eigenvalue weighted by Crippen LogP contribution is -2.23. The van der Waals surface area contributed by atoms with Gasteiger partial charge >= 0.3 is 0 Å². The zero-order valence-electron chi connectivity index (χ0n) is 12.6. The number of rotatable bonds is 4. The summed E-state index contributed by atoms with van der Waals surface area (Å²) in [5, 5.41) is 14.9. The third kappa shape index (κ3) is 2.66. The van der Waals surface area contributed by atoms with Crippen LogP contribution < -0.4 is 4.90 Å². The van der Waals surface area contributed by atoms with Crippen molar-refractivity contribution < 1.29 is 9.45 Å². The summed E-state index contributed by atoms with van der Waals surface area (Å²) in [5.41, 5.74) is 1.05. The molecule has 0 amide bonds. The highest BCUT2D eigenvalue weighted by atomic mass is 16.6. The molecule has 0 radical (unpaired) electrons. The predicted molar refractivity (Wildman–Crippen MR) is 80.8 cm³/mol. The molecule has 7 heteroatoms. The normalized spacial score (nSPS) is 18.1. The van der Waals surface area contributed by atoms with Crippen LogP contribution in [0.3, 0.4) is 0 Å². The molecule has 1 aliphatic rings. The van der Waals surface area contributed by atoms with Crippen molar-refractivity contribution in [2.45, 2.75) is 38.6 Å². The third-order valence-electron chi connectivity index (χ3n) is 3.89. The van der Waals surface area contributed by atoms with E-state index >= 15 is 0 Å². The van der Waals surface area contributed by atoms with Crippen molar-refractivity contribution >= 4 is 11.4 Å². The van der Waals surface area contributed by atoms with Crippen LogP contribution in [0.2, 0.25) is 0 Å². The monoisotopic (exact) mass is 302 g/mol. The number of hydrogen-bond donors (Lipinski definition) is 0. The zero-order valence-corrected chi connectivity index (χ0v) is 12.6. The molecular formula is C15H18N4O3. The number of non-ortho nitro benzene ring substituents is 1. The van der Waals surface area contributed by atoms with Gasteiger partial charge in [0.05, 0.1) is 11.0 Å². The van der Waals surface area contributed by atoms with Gasteiger partial charge in [-0.25, -0.2) is 0 Å². The Bertz CT molecular complexity index is 666. The van der Waals surface area contributed by atoms with Gasteiger partial charge in [-0.3, -0.25) is 10.1 Å². The number of nitro groups is 1. The van der Waals surface area contributed by atoms with Crippen LogP contribution in [-0.4, -0.2) is 21.6 Å². The van der Waals surface area contributed by atoms with E-state index in [9.17, 15) is 10.1 Å². The molecule has 1 aromatic heterocycles. The van der Waals surface area contributed by atoms with Crippen molar-refractivity contribution in [3.63, 3.8) is 0 Å². The van der Waals surface area contributed by atoms with E-state index in [0.29, 0.717) is 11.7 Å². The lowest BCUT2D eigenvalue weighted by atomic mass is 10.2. The van der Waals surface area contributed by atoms with Gasteiger partial charge in [0.25, 0.3) is 5.69 Å². The molecule has 1 unspecified atom stereocenters. The number of nitrogens with zero attached hydrogens (tertiary/aromatic N) is 4. The van der Waals surface area contributed by atoms with Crippen molar-refractivity contribution in [1.29, 1.82) is 0 Å². The van der Waals surface area contributed by atoms with Gasteiger partial charge in [0.15, 0.2) is 5.82 Å². The van der Waals surface area contributed by atoms with Gasteiger partial charge in [-0.15, -0.1) is 0 Å². The minimum absolute atomic E-state index is 0.0673. The summed E-state index contributed by atoms with van der Waals surface area (Å²) < 4.78 is 5.30. The Hall–Kier alpha value is -2.44. The van der Waals surface area contributed by atoms with Crippen molar-refractivity contribution in [3.05, 3.63) is 46.1 Å². The Morgan fingerprint density at radius 3 is 2.68 bits per heavy atom. The first-order valence-electron chi connectivity index (χ1n) is 7.41. The quantitative estimate of drug-likeness (QED) is 0.635. The average Bonchev–Trinajstić information content (AvgIpc) is 3.16. The highest BCUT2D eigenvalue weighted by Crippen LogP contribution is 2.35. The van der Waals surface area contributed by atoms with Gasteiger partial charge in [0.1, 0.15) is 0 Å². The van der Waals surface area contributed by atoms with E-state index in [1.165, 1.54) is 12.1 Å². The molecule has 0 saturated carbocycles. The summed E-state index contributed by atoms with van der Waals surface area (Å²) in [6.45, 7) is 4.91. The number of hydrogen-bond acceptors (Lipinski definition) is 6. The van der Waals surface area contributed by atoms with Gasteiger partial charge in [-0.05, 0) is 25.0 Å². The largest absolute Gasteiger partial charge is 0.361 e. The third-order valence-corrected chi connectivity index (χ3v) is 3.89. The van der Waals surface area contributed by atoms with E-state index in [4.69, 9.17) is 4.52 Å². The standard InChI is InChI=1S/C15H18N4O3/c1-10(2)15-16-14(17-22-15)13-4-3-9-18(13)11-5-7-12(8-6-11)19(20)21/h5-8,10,13H,3-4,9H2,1-2H3. The van der Waals surface area contributed by atoms with E-state index in [0.717, 1.165) is 25.1 Å². The molecule has 0 aliphatic carbocycles. The Balaban J connectivity index is 1.84. The lowest BCUT2D eigenvalue weighted by molar-refractivity contribution is -0.384. The molecule has 1 fully saturated rings. The van der Waals surface area contributed by atoms with E-state index in [2.05, 4.69) is 15.0 Å². The molecule has 1 aliphatic heterocycles. The van der Waals surface area contributed by atoms with Crippen molar-refractivity contribution in [1.82, 2.24) is 10.1 Å². The first-order valence-corrected chi connectivity index (χ1v) is 7.41. The maximum Gasteiger partial charge on any atom is 0.269 e. The summed E-state index contributed by atoms with van der Waals surface area (Å²) in [5.74, 6) is 1.54. The first kappa shape index (κ1) is 14.5. The van der Waals surface area contributed by atoms with E-state index in [-0.39, 0.29) is 22.6 Å². The minimum atomic E-state index is -0.390. The molecular weight excluding hydrogens is 284 g/mol. The average molecular weight is 302 g/mol. The van der Waals surface area contributed by atoms with E-state index in [1.807, 2.05) is 13.8 Å². The molecule has 2 aromatic rings. The maximum atomic E-state index is 10.7. The molecule has 1 atom stereocenters. The molecule has 1 saturated heterocycles. The topological polar surface area (TPSA) is 85.3 Å². The number of aromatic nitrogens is 2. The highest BCUT2D eigenvalue weighted by molar-refractivity contribution is 5.52. The molecule has 7 nitrogen and oxygen atoms in total. The van der Waals surface area contributed by atoms with Crippen LogP contribution in [0.1, 0.15) is 50.4 Å². The summed E-state index contributed by atoms with van der Waals surface area (Å²) in [4.78, 5) is 17.0. The smallest absolute Gasteiger partial charge is 0.269 e. The second kappa shape index (κ2) is 5.75. The Morgan fingerprint density at radius 1 is 1.36 bits per heavy atom. The fraction of sp³-hybridized carbons (Fsp3) is 0.467. The first-order chi connectivity index (χ1) is 10.6. The minimum Gasteiger partial charge on any atom is -0.361 e. The van der Waals surface area contributed by atoms with Crippen molar-refractivity contribution in [2.24, 2.45) is 0 Å². The summed E-state index contributed by atoms with van der Waals surface area (Å²) in [7, 11) is 0. The Morgan fingerprint density at radius 2 is 2.09 bits per heavy atom. The van der Waals surface area contributed by atoms with Crippen LogP contribution in [0, 0.1) is 10.1 Å². The van der Waals surface area contributed by atoms with Crippen molar-refractivity contribution in [3.8, 4) is 0 Å². The molecule has 1 aromatic carbocycles. The second-order valence-electron chi connectivity index (χ2n) is 5.77. The van der Waals surface area contributed by atoms with Gasteiger partial charge < -0.3 is 9.42 Å². The van der Waals surface area contributed by atoms with Crippen molar-refractivity contribution in [2.75, 3.05) is 11.4 Å².